The molecule has 2 N–H and O–H groups in total. The number of hydrogen-bond donors (Lipinski definition) is 2. The number of pyridine rings is 1. The summed E-state index contributed by atoms with van der Waals surface area (Å²) in [6, 6.07) is 15.4. The van der Waals surface area contributed by atoms with Crippen LogP contribution in [0.25, 0.3) is 33.3 Å². The van der Waals surface area contributed by atoms with E-state index in [1.807, 2.05) is 68.6 Å². The van der Waals surface area contributed by atoms with E-state index in [1.165, 1.54) is 4.90 Å². The van der Waals surface area contributed by atoms with Gasteiger partial charge >= 0.3 is 0 Å². The van der Waals surface area contributed by atoms with Crippen molar-refractivity contribution in [2.24, 2.45) is 0 Å². The Kier molecular flexibility index (Phi) is 8.63. The standard InChI is InChI=1S/C30H36N6O3/c1-34(2)13-14-36(5)19-28(37)33-26-12-11-20(15-24(26)30(38)35(3)4)21-16-23-25(18-32-29(23)31-17-21)22-9-7-8-10-27(22)39-6/h7-12,15-18H,13-14,19H2,1-6H3,(H,31,32)(H,33,37). The maximum Gasteiger partial charge on any atom is 0.255 e. The average Bonchev–Trinajstić information content (AvgIpc) is 3.34. The number of nitrogens with zero attached hydrogens (tertiary/aromatic N) is 4. The van der Waals surface area contributed by atoms with Crippen molar-refractivity contribution in [3.05, 3.63) is 66.5 Å². The van der Waals surface area contributed by atoms with Gasteiger partial charge in [-0.2, -0.15) is 0 Å². The second kappa shape index (κ2) is 12.1. The monoisotopic (exact) mass is 528 g/mol. The first kappa shape index (κ1) is 27.8. The van der Waals surface area contributed by atoms with Gasteiger partial charge in [-0.25, -0.2) is 4.98 Å². The van der Waals surface area contributed by atoms with Gasteiger partial charge in [0, 0.05) is 61.7 Å². The molecule has 9 heteroatoms. The quantitative estimate of drug-likeness (QED) is 0.323. The molecule has 0 bridgehead atoms. The molecule has 39 heavy (non-hydrogen) atoms. The summed E-state index contributed by atoms with van der Waals surface area (Å²) in [5.74, 6) is 0.405. The second-order valence-corrected chi connectivity index (χ2v) is 10.1. The third-order valence-corrected chi connectivity index (χ3v) is 6.53. The van der Waals surface area contributed by atoms with Gasteiger partial charge in [0.2, 0.25) is 5.91 Å². The van der Waals surface area contributed by atoms with Crippen LogP contribution in [0.4, 0.5) is 5.69 Å². The first-order valence-electron chi connectivity index (χ1n) is 12.8. The van der Waals surface area contributed by atoms with Gasteiger partial charge in [0.05, 0.1) is 24.9 Å². The van der Waals surface area contributed by atoms with Gasteiger partial charge in [-0.1, -0.05) is 24.3 Å². The van der Waals surface area contributed by atoms with Crippen molar-refractivity contribution in [2.45, 2.75) is 0 Å². The van der Waals surface area contributed by atoms with E-state index in [1.54, 1.807) is 33.5 Å². The predicted octanol–water partition coefficient (Wildman–Crippen LogP) is 4.04. The van der Waals surface area contributed by atoms with Crippen molar-refractivity contribution < 1.29 is 14.3 Å². The highest BCUT2D eigenvalue weighted by molar-refractivity contribution is 6.05. The van der Waals surface area contributed by atoms with E-state index in [0.29, 0.717) is 11.3 Å². The number of amides is 2. The molecule has 0 radical (unpaired) electrons. The largest absolute Gasteiger partial charge is 0.496 e. The maximum absolute atomic E-state index is 13.1. The highest BCUT2D eigenvalue weighted by atomic mass is 16.5. The molecule has 0 saturated heterocycles. The minimum atomic E-state index is -0.196. The van der Waals surface area contributed by atoms with Crippen molar-refractivity contribution in [3.63, 3.8) is 0 Å². The molecule has 2 heterocycles. The Bertz CT molecular complexity index is 1480. The molecule has 0 unspecified atom stereocenters. The lowest BCUT2D eigenvalue weighted by molar-refractivity contribution is -0.117. The predicted molar refractivity (Wildman–Crippen MR) is 156 cm³/mol. The normalized spacial score (nSPS) is 11.3. The van der Waals surface area contributed by atoms with E-state index in [2.05, 4.69) is 26.3 Å². The van der Waals surface area contributed by atoms with Gasteiger partial charge in [0.15, 0.2) is 0 Å². The number of anilines is 1. The van der Waals surface area contributed by atoms with E-state index in [9.17, 15) is 9.59 Å². The molecule has 2 amide bonds. The van der Waals surface area contributed by atoms with E-state index in [-0.39, 0.29) is 18.4 Å². The molecule has 0 fully saturated rings. The van der Waals surface area contributed by atoms with Crippen molar-refractivity contribution in [2.75, 3.05) is 67.3 Å². The van der Waals surface area contributed by atoms with Crippen LogP contribution in [0.5, 0.6) is 5.75 Å². The average molecular weight is 529 g/mol. The minimum absolute atomic E-state index is 0.173. The summed E-state index contributed by atoms with van der Waals surface area (Å²) >= 11 is 0. The summed E-state index contributed by atoms with van der Waals surface area (Å²) in [6.07, 6.45) is 3.70. The molecule has 0 saturated carbocycles. The zero-order valence-electron chi connectivity index (χ0n) is 23.4. The molecule has 204 valence electrons. The zero-order chi connectivity index (χ0) is 28.1. The fraction of sp³-hybridized carbons (Fsp3) is 0.300. The van der Waals surface area contributed by atoms with Crippen LogP contribution < -0.4 is 10.1 Å². The number of likely N-dealkylation sites (N-methyl/N-ethyl adjacent to an activating group) is 2. The van der Waals surface area contributed by atoms with Crippen LogP contribution in [0, 0.1) is 0 Å². The number of carbonyl (C=O) groups is 2. The summed E-state index contributed by atoms with van der Waals surface area (Å²) < 4.78 is 5.57. The number of hydrogen-bond acceptors (Lipinski definition) is 6. The highest BCUT2D eigenvalue weighted by Gasteiger charge is 2.19. The molecule has 0 aliphatic rings. The number of aromatic amines is 1. The molecule has 0 aliphatic heterocycles. The van der Waals surface area contributed by atoms with Crippen molar-refractivity contribution >= 4 is 28.5 Å². The van der Waals surface area contributed by atoms with Gasteiger partial charge in [0.1, 0.15) is 11.4 Å². The number of benzene rings is 2. The minimum Gasteiger partial charge on any atom is -0.496 e. The summed E-state index contributed by atoms with van der Waals surface area (Å²) in [7, 11) is 10.9. The molecular formula is C30H36N6O3. The highest BCUT2D eigenvalue weighted by Crippen LogP contribution is 2.36. The number of rotatable bonds is 10. The lowest BCUT2D eigenvalue weighted by Gasteiger charge is -2.20. The molecular weight excluding hydrogens is 492 g/mol. The van der Waals surface area contributed by atoms with E-state index >= 15 is 0 Å². The molecule has 0 aliphatic carbocycles. The van der Waals surface area contributed by atoms with Gasteiger partial charge in [-0.3, -0.25) is 14.5 Å². The number of nitrogens with one attached hydrogen (secondary N) is 2. The second-order valence-electron chi connectivity index (χ2n) is 10.1. The Labute approximate surface area is 229 Å². The number of methoxy groups -OCH3 is 1. The third-order valence-electron chi connectivity index (χ3n) is 6.53. The first-order valence-corrected chi connectivity index (χ1v) is 12.8. The van der Waals surface area contributed by atoms with Gasteiger partial charge < -0.3 is 24.8 Å². The fourth-order valence-corrected chi connectivity index (χ4v) is 4.39. The summed E-state index contributed by atoms with van der Waals surface area (Å²) in [4.78, 5) is 39.3. The number of H-pyrrole nitrogens is 1. The Morgan fingerprint density at radius 1 is 0.949 bits per heavy atom. The van der Waals surface area contributed by atoms with Gasteiger partial charge in [-0.05, 0) is 51.0 Å². The van der Waals surface area contributed by atoms with Crippen LogP contribution in [0.2, 0.25) is 0 Å². The van der Waals surface area contributed by atoms with Crippen LogP contribution in [0.1, 0.15) is 10.4 Å². The summed E-state index contributed by atoms with van der Waals surface area (Å²) in [6.45, 7) is 1.83. The topological polar surface area (TPSA) is 93.8 Å². The molecule has 9 nitrogen and oxygen atoms in total. The summed E-state index contributed by atoms with van der Waals surface area (Å²) in [5, 5.41) is 3.88. The maximum atomic E-state index is 13.1. The SMILES string of the molecule is COc1ccccc1-c1c[nH]c2ncc(-c3ccc(NC(=O)CN(C)CCN(C)C)c(C(=O)N(C)C)c3)cc12. The lowest BCUT2D eigenvalue weighted by atomic mass is 9.99. The van der Waals surface area contributed by atoms with Crippen molar-refractivity contribution in [3.8, 4) is 28.0 Å². The Morgan fingerprint density at radius 2 is 1.72 bits per heavy atom. The van der Waals surface area contributed by atoms with Crippen molar-refractivity contribution in [1.82, 2.24) is 24.7 Å². The molecule has 2 aromatic carbocycles. The van der Waals surface area contributed by atoms with Crippen LogP contribution in [0.3, 0.4) is 0 Å². The zero-order valence-corrected chi connectivity index (χ0v) is 23.4. The molecule has 0 spiro atoms. The molecule has 0 atom stereocenters. The first-order chi connectivity index (χ1) is 18.7. The Balaban J connectivity index is 1.67. The Hall–Kier alpha value is -4.21. The summed E-state index contributed by atoms with van der Waals surface area (Å²) in [5.41, 5.74) is 5.27. The van der Waals surface area contributed by atoms with Crippen LogP contribution in [0.15, 0.2) is 60.9 Å². The number of ether oxygens (including phenoxy) is 1. The fourth-order valence-electron chi connectivity index (χ4n) is 4.39. The number of aromatic nitrogens is 2. The van der Waals surface area contributed by atoms with Gasteiger partial charge in [0.25, 0.3) is 5.91 Å². The number of carbonyl (C=O) groups excluding carboxylic acids is 2. The van der Waals surface area contributed by atoms with Crippen LogP contribution >= 0.6 is 0 Å². The number of para-hydroxylation sites is 1. The van der Waals surface area contributed by atoms with E-state index in [0.717, 1.165) is 52.1 Å². The molecule has 4 aromatic rings. The van der Waals surface area contributed by atoms with E-state index < -0.39 is 0 Å². The van der Waals surface area contributed by atoms with Crippen molar-refractivity contribution in [1.29, 1.82) is 0 Å². The van der Waals surface area contributed by atoms with Crippen LogP contribution in [-0.4, -0.2) is 98.5 Å². The van der Waals surface area contributed by atoms with Crippen LogP contribution in [-0.2, 0) is 4.79 Å². The smallest absolute Gasteiger partial charge is 0.255 e. The Morgan fingerprint density at radius 3 is 2.44 bits per heavy atom. The van der Waals surface area contributed by atoms with Gasteiger partial charge in [-0.15, -0.1) is 0 Å². The molecule has 4 rings (SSSR count). The lowest BCUT2D eigenvalue weighted by Crippen LogP contribution is -2.35. The number of fused-ring (bicyclic) bond motifs is 1. The van der Waals surface area contributed by atoms with E-state index in [4.69, 9.17) is 4.74 Å². The molecule has 2 aromatic heterocycles. The third kappa shape index (κ3) is 6.45.